The first kappa shape index (κ1) is 27.8. The van der Waals surface area contributed by atoms with Crippen LogP contribution in [0.25, 0.3) is 27.1 Å². The molecule has 8 rings (SSSR count). The molecule has 2 aliphatic heterocycles. The van der Waals surface area contributed by atoms with Crippen molar-refractivity contribution < 1.29 is 4.57 Å². The van der Waals surface area contributed by atoms with Gasteiger partial charge in [-0.3, -0.25) is 4.99 Å². The Kier molecular flexibility index (Phi) is 6.81. The Labute approximate surface area is 265 Å². The third-order valence-corrected chi connectivity index (χ3v) is 13.4. The molecule has 3 aliphatic rings. The molecule has 0 spiro atoms. The minimum absolute atomic E-state index is 0.109. The van der Waals surface area contributed by atoms with E-state index in [-0.39, 0.29) is 17.7 Å². The summed E-state index contributed by atoms with van der Waals surface area (Å²) in [5.74, 6) is 1.04. The Balaban J connectivity index is 1.33. The van der Waals surface area contributed by atoms with Gasteiger partial charge < -0.3 is 9.46 Å². The van der Waals surface area contributed by atoms with E-state index in [0.29, 0.717) is 0 Å². The number of fused-ring (bicyclic) bond motifs is 7. The van der Waals surface area contributed by atoms with Crippen molar-refractivity contribution in [2.75, 3.05) is 0 Å². The van der Waals surface area contributed by atoms with E-state index in [9.17, 15) is 0 Å². The molecule has 0 aromatic heterocycles. The molecule has 2 heterocycles. The van der Waals surface area contributed by atoms with E-state index in [4.69, 9.17) is 4.99 Å². The summed E-state index contributed by atoms with van der Waals surface area (Å²) in [4.78, 5) is 7.54. The summed E-state index contributed by atoms with van der Waals surface area (Å²) in [5.41, 5.74) is 4.46. The van der Waals surface area contributed by atoms with Crippen molar-refractivity contribution in [2.24, 2.45) is 4.99 Å². The number of hydrogen-bond donors (Lipinski definition) is 0. The summed E-state index contributed by atoms with van der Waals surface area (Å²) in [5, 5.41) is 6.20. The fourth-order valence-corrected chi connectivity index (χ4v) is 11.1. The van der Waals surface area contributed by atoms with Gasteiger partial charge in [-0.1, -0.05) is 153 Å². The molecule has 0 saturated carbocycles. The molecule has 0 fully saturated rings. The lowest BCUT2D eigenvalue weighted by molar-refractivity contribution is 0.445. The molecule has 0 radical (unpaired) electrons. The van der Waals surface area contributed by atoms with Crippen LogP contribution in [0.5, 0.6) is 0 Å². The molecule has 0 N–H and O–H groups in total. The van der Waals surface area contributed by atoms with E-state index in [1.54, 1.807) is 0 Å². The first-order valence-electron chi connectivity index (χ1n) is 15.9. The van der Waals surface area contributed by atoms with Gasteiger partial charge in [-0.25, -0.2) is 0 Å². The Morgan fingerprint density at radius 2 is 1.33 bits per heavy atom. The van der Waals surface area contributed by atoms with E-state index in [2.05, 4.69) is 164 Å². The van der Waals surface area contributed by atoms with Crippen molar-refractivity contribution in [3.8, 4) is 0 Å². The molecule has 45 heavy (non-hydrogen) atoms. The summed E-state index contributed by atoms with van der Waals surface area (Å²) < 4.78 is 16.2. The maximum atomic E-state index is 16.2. The molecule has 0 amide bonds. The minimum Gasteiger partial charge on any atom is -0.320 e. The predicted octanol–water partition coefficient (Wildman–Crippen LogP) is 9.01. The summed E-state index contributed by atoms with van der Waals surface area (Å²) in [6.45, 7) is 4.37. The quantitative estimate of drug-likeness (QED) is 0.182. The Morgan fingerprint density at radius 3 is 2.00 bits per heavy atom. The second kappa shape index (κ2) is 11.0. The Hall–Kier alpha value is -4.72. The van der Waals surface area contributed by atoms with Crippen molar-refractivity contribution in [3.05, 3.63) is 162 Å². The zero-order valence-corrected chi connectivity index (χ0v) is 26.4. The van der Waals surface area contributed by atoms with Crippen LogP contribution in [0.3, 0.4) is 0 Å². The van der Waals surface area contributed by atoms with Crippen LogP contribution in [0.15, 0.2) is 156 Å². The van der Waals surface area contributed by atoms with Crippen molar-refractivity contribution >= 4 is 50.7 Å². The maximum Gasteiger partial charge on any atom is 0.150 e. The molecule has 1 aliphatic carbocycles. The van der Waals surface area contributed by atoms with Gasteiger partial charge in [-0.15, -0.1) is 0 Å². The number of allylic oxidation sites excluding steroid dienone is 6. The number of hydrogen-bond acceptors (Lipinski definition) is 3. The van der Waals surface area contributed by atoms with E-state index >= 15 is 4.57 Å². The molecule has 3 atom stereocenters. The average Bonchev–Trinajstić information content (AvgIpc) is 3.49. The van der Waals surface area contributed by atoms with Crippen LogP contribution < -0.4 is 10.6 Å². The van der Waals surface area contributed by atoms with Crippen LogP contribution in [0.2, 0.25) is 0 Å². The van der Waals surface area contributed by atoms with Gasteiger partial charge in [0, 0.05) is 33.1 Å². The van der Waals surface area contributed by atoms with Gasteiger partial charge >= 0.3 is 0 Å². The van der Waals surface area contributed by atoms with Crippen molar-refractivity contribution in [2.45, 2.75) is 38.0 Å². The number of aliphatic imine (C=N–C) groups is 1. The summed E-state index contributed by atoms with van der Waals surface area (Å²) in [7, 11) is -3.21. The number of benzene rings is 5. The molecule has 4 heteroatoms. The van der Waals surface area contributed by atoms with Gasteiger partial charge in [0.1, 0.15) is 5.84 Å². The molecule has 5 aromatic rings. The van der Waals surface area contributed by atoms with Crippen LogP contribution >= 0.6 is 7.14 Å². The lowest BCUT2D eigenvalue weighted by Crippen LogP contribution is -2.40. The van der Waals surface area contributed by atoms with Gasteiger partial charge in [-0.05, 0) is 40.5 Å². The number of amidine groups is 1. The fourth-order valence-electron chi connectivity index (χ4n) is 7.52. The van der Waals surface area contributed by atoms with Gasteiger partial charge in [0.05, 0.1) is 12.1 Å². The lowest BCUT2D eigenvalue weighted by atomic mass is 9.91. The maximum absolute atomic E-state index is 16.2. The van der Waals surface area contributed by atoms with Gasteiger partial charge in [-0.2, -0.15) is 0 Å². The molecule has 5 aromatic carbocycles. The zero-order chi connectivity index (χ0) is 30.5. The smallest absolute Gasteiger partial charge is 0.150 e. The van der Waals surface area contributed by atoms with Gasteiger partial charge in [0.15, 0.2) is 7.14 Å². The molecule has 220 valence electrons. The highest BCUT2D eigenvalue weighted by Crippen LogP contribution is 2.54. The molecule has 3 nitrogen and oxygen atoms in total. The van der Waals surface area contributed by atoms with Crippen molar-refractivity contribution in [1.29, 1.82) is 0 Å². The van der Waals surface area contributed by atoms with Crippen molar-refractivity contribution in [3.63, 3.8) is 0 Å². The molecular weight excluding hydrogens is 567 g/mol. The van der Waals surface area contributed by atoms with Crippen LogP contribution in [-0.4, -0.2) is 28.5 Å². The predicted molar refractivity (Wildman–Crippen MR) is 191 cm³/mol. The van der Waals surface area contributed by atoms with E-state index in [1.807, 2.05) is 0 Å². The van der Waals surface area contributed by atoms with E-state index in [1.165, 1.54) is 11.3 Å². The molecular formula is C41H35N2OP. The second-order valence-corrected chi connectivity index (χ2v) is 15.1. The van der Waals surface area contributed by atoms with E-state index < -0.39 is 7.14 Å². The fraction of sp³-hybridized carbons (Fsp3) is 0.146. The topological polar surface area (TPSA) is 32.7 Å². The second-order valence-electron chi connectivity index (χ2n) is 12.1. The third-order valence-electron chi connectivity index (χ3n) is 9.70. The summed E-state index contributed by atoms with van der Waals surface area (Å²) in [6, 6.07) is 38.1. The highest BCUT2D eigenvalue weighted by atomic mass is 31.2. The summed E-state index contributed by atoms with van der Waals surface area (Å²) in [6.07, 6.45) is 13.9. The first-order valence-corrected chi connectivity index (χ1v) is 17.6. The van der Waals surface area contributed by atoms with Crippen LogP contribution in [0.4, 0.5) is 0 Å². The highest BCUT2D eigenvalue weighted by Gasteiger charge is 2.40. The van der Waals surface area contributed by atoms with E-state index in [0.717, 1.165) is 55.5 Å². The Morgan fingerprint density at radius 1 is 0.756 bits per heavy atom. The Bertz CT molecular complexity index is 2090. The minimum atomic E-state index is -3.21. The van der Waals surface area contributed by atoms with Gasteiger partial charge in [0.2, 0.25) is 0 Å². The van der Waals surface area contributed by atoms with Crippen molar-refractivity contribution in [1.82, 2.24) is 4.90 Å². The number of nitrogens with zero attached hydrogens (tertiary/aromatic N) is 2. The lowest BCUT2D eigenvalue weighted by Gasteiger charge is -2.35. The highest BCUT2D eigenvalue weighted by molar-refractivity contribution is 7.80. The monoisotopic (exact) mass is 602 g/mol. The SMILES string of the molecule is CCC(/C=C\C1=C(C)N2C(=NC3C=CC=CC32)c2ccccc21)P(=O)(c1cccc2ccccc12)c1cccc2ccccc12. The summed E-state index contributed by atoms with van der Waals surface area (Å²) >= 11 is 0. The van der Waals surface area contributed by atoms with Crippen LogP contribution in [0.1, 0.15) is 31.4 Å². The molecule has 3 unspecified atom stereocenters. The normalized spacial score (nSPS) is 19.6. The number of rotatable bonds is 6. The van der Waals surface area contributed by atoms with Crippen LogP contribution in [-0.2, 0) is 4.57 Å². The zero-order valence-electron chi connectivity index (χ0n) is 25.5. The first-order chi connectivity index (χ1) is 22.1. The molecule has 0 bridgehead atoms. The van der Waals surface area contributed by atoms with Crippen LogP contribution in [0, 0.1) is 0 Å². The third kappa shape index (κ3) is 4.33. The molecule has 0 saturated heterocycles. The standard InChI is InChI=1S/C41H35N2OP/c1-3-31(26-27-32-28(2)43-38-23-11-10-22-37(38)42-41(43)36-21-9-8-20-35(32)36)45(44,39-24-12-16-29-14-4-6-18-33(29)39)40-25-13-17-30-15-5-7-19-34(30)40/h4-27,31,37-38H,3H2,1-2H3/b27-26-. The average molecular weight is 603 g/mol. The largest absolute Gasteiger partial charge is 0.320 e. The van der Waals surface area contributed by atoms with Gasteiger partial charge in [0.25, 0.3) is 0 Å².